The topological polar surface area (TPSA) is 59.9 Å². The van der Waals surface area contributed by atoms with Crippen molar-refractivity contribution >= 4 is 11.6 Å². The molecule has 1 aliphatic rings. The van der Waals surface area contributed by atoms with Crippen LogP contribution in [0.4, 0.5) is 0 Å². The van der Waals surface area contributed by atoms with E-state index in [0.717, 1.165) is 0 Å². The second kappa shape index (κ2) is 2.48. The van der Waals surface area contributed by atoms with E-state index in [4.69, 9.17) is 0 Å². The molecular formula is C8H6N2O2. The van der Waals surface area contributed by atoms with Crippen LogP contribution in [0.15, 0.2) is 12.3 Å². The molecule has 0 N–H and O–H groups in total. The number of aromatic nitrogens is 2. The fourth-order valence-corrected chi connectivity index (χ4v) is 1.27. The molecule has 0 aliphatic heterocycles. The Kier molecular flexibility index (Phi) is 1.46. The predicted octanol–water partition coefficient (Wildman–Crippen LogP) is 0.175. The van der Waals surface area contributed by atoms with Crippen molar-refractivity contribution in [3.05, 3.63) is 23.5 Å². The minimum Gasteiger partial charge on any atom is -0.299 e. The lowest BCUT2D eigenvalue weighted by Crippen LogP contribution is -2.21. The number of hydrogen-bond donors (Lipinski definition) is 0. The van der Waals surface area contributed by atoms with E-state index in [2.05, 4.69) is 10.2 Å². The summed E-state index contributed by atoms with van der Waals surface area (Å²) >= 11 is 0. The van der Waals surface area contributed by atoms with Crippen molar-refractivity contribution < 1.29 is 9.59 Å². The highest BCUT2D eigenvalue weighted by atomic mass is 16.1. The third-order valence-electron chi connectivity index (χ3n) is 1.82. The molecule has 0 aromatic carbocycles. The Morgan fingerprint density at radius 3 is 2.92 bits per heavy atom. The van der Waals surface area contributed by atoms with E-state index in [-0.39, 0.29) is 24.4 Å². The fraction of sp³-hybridized carbons (Fsp3) is 0.250. The Labute approximate surface area is 68.6 Å². The molecule has 1 aromatic heterocycles. The van der Waals surface area contributed by atoms with Gasteiger partial charge in [-0.25, -0.2) is 0 Å². The maximum Gasteiger partial charge on any atom is 0.172 e. The Hall–Kier alpha value is -1.58. The summed E-state index contributed by atoms with van der Waals surface area (Å²) in [5.41, 5.74) is 1.06. The van der Waals surface area contributed by atoms with Gasteiger partial charge in [-0.1, -0.05) is 0 Å². The average molecular weight is 162 g/mol. The zero-order valence-electron chi connectivity index (χ0n) is 6.28. The molecular weight excluding hydrogens is 156 g/mol. The molecule has 1 heterocycles. The van der Waals surface area contributed by atoms with Crippen molar-refractivity contribution in [2.75, 3.05) is 0 Å². The van der Waals surface area contributed by atoms with Crippen LogP contribution in [0.2, 0.25) is 0 Å². The zero-order valence-corrected chi connectivity index (χ0v) is 6.28. The second-order valence-corrected chi connectivity index (χ2v) is 2.71. The van der Waals surface area contributed by atoms with E-state index >= 15 is 0 Å². The first kappa shape index (κ1) is 7.09. The van der Waals surface area contributed by atoms with Crippen LogP contribution in [-0.2, 0) is 11.2 Å². The van der Waals surface area contributed by atoms with Crippen molar-refractivity contribution in [1.82, 2.24) is 10.2 Å². The first-order valence-corrected chi connectivity index (χ1v) is 3.63. The molecule has 0 atom stereocenters. The molecule has 12 heavy (non-hydrogen) atoms. The van der Waals surface area contributed by atoms with E-state index in [9.17, 15) is 9.59 Å². The van der Waals surface area contributed by atoms with Crippen molar-refractivity contribution in [1.29, 1.82) is 0 Å². The number of hydrogen-bond acceptors (Lipinski definition) is 4. The highest BCUT2D eigenvalue weighted by Crippen LogP contribution is 2.14. The molecule has 1 aliphatic carbocycles. The summed E-state index contributed by atoms with van der Waals surface area (Å²) in [4.78, 5) is 22.2. The summed E-state index contributed by atoms with van der Waals surface area (Å²) in [6.45, 7) is 0. The third-order valence-corrected chi connectivity index (χ3v) is 1.82. The molecule has 0 spiro atoms. The van der Waals surface area contributed by atoms with Crippen LogP contribution < -0.4 is 0 Å². The summed E-state index contributed by atoms with van der Waals surface area (Å²) in [6.07, 6.45) is 1.72. The molecule has 0 saturated heterocycles. The number of carbonyl (C=O) groups excluding carboxylic acids is 2. The van der Waals surface area contributed by atoms with Gasteiger partial charge in [0.15, 0.2) is 5.78 Å². The monoisotopic (exact) mass is 162 g/mol. The molecule has 0 unspecified atom stereocenters. The molecule has 1 aromatic rings. The lowest BCUT2D eigenvalue weighted by molar-refractivity contribution is -0.117. The fourth-order valence-electron chi connectivity index (χ4n) is 1.27. The molecule has 0 saturated carbocycles. The lowest BCUT2D eigenvalue weighted by atomic mass is 9.95. The van der Waals surface area contributed by atoms with Crippen LogP contribution in [0.5, 0.6) is 0 Å². The van der Waals surface area contributed by atoms with Gasteiger partial charge >= 0.3 is 0 Å². The maximum absolute atomic E-state index is 11.2. The van der Waals surface area contributed by atoms with Crippen LogP contribution in [0.25, 0.3) is 0 Å². The van der Waals surface area contributed by atoms with E-state index in [1.165, 1.54) is 6.20 Å². The summed E-state index contributed by atoms with van der Waals surface area (Å²) in [5.74, 6) is -0.218. The van der Waals surface area contributed by atoms with Gasteiger partial charge in [-0.2, -0.15) is 10.2 Å². The van der Waals surface area contributed by atoms with Crippen LogP contribution in [0.3, 0.4) is 0 Å². The quantitative estimate of drug-likeness (QED) is 0.510. The van der Waals surface area contributed by atoms with Gasteiger partial charge in [0.2, 0.25) is 0 Å². The van der Waals surface area contributed by atoms with E-state index < -0.39 is 0 Å². The van der Waals surface area contributed by atoms with Crippen molar-refractivity contribution in [3.63, 3.8) is 0 Å². The first-order valence-electron chi connectivity index (χ1n) is 3.63. The number of rotatable bonds is 0. The van der Waals surface area contributed by atoms with Gasteiger partial charge in [0.1, 0.15) is 5.78 Å². The molecule has 60 valence electrons. The molecule has 0 fully saturated rings. The van der Waals surface area contributed by atoms with Crippen LogP contribution in [0.1, 0.15) is 22.5 Å². The normalized spacial score (nSPS) is 16.0. The Morgan fingerprint density at radius 1 is 1.25 bits per heavy atom. The number of nitrogens with zero attached hydrogens (tertiary/aromatic N) is 2. The standard InChI is InChI=1S/C8H6N2O2/c11-5-3-7-6(8(12)4-5)1-2-9-10-7/h1-2H,3-4H2. The van der Waals surface area contributed by atoms with Gasteiger partial charge in [0, 0.05) is 5.56 Å². The van der Waals surface area contributed by atoms with Gasteiger partial charge < -0.3 is 0 Å². The Morgan fingerprint density at radius 2 is 2.08 bits per heavy atom. The molecule has 4 heteroatoms. The van der Waals surface area contributed by atoms with E-state index in [0.29, 0.717) is 11.3 Å². The third kappa shape index (κ3) is 1.01. The zero-order chi connectivity index (χ0) is 8.55. The van der Waals surface area contributed by atoms with Crippen molar-refractivity contribution in [2.24, 2.45) is 0 Å². The molecule has 0 radical (unpaired) electrons. The second-order valence-electron chi connectivity index (χ2n) is 2.71. The van der Waals surface area contributed by atoms with Crippen LogP contribution in [-0.4, -0.2) is 21.8 Å². The van der Waals surface area contributed by atoms with Crippen LogP contribution >= 0.6 is 0 Å². The first-order chi connectivity index (χ1) is 5.77. The highest BCUT2D eigenvalue weighted by molar-refractivity contribution is 6.12. The van der Waals surface area contributed by atoms with Crippen molar-refractivity contribution in [2.45, 2.75) is 12.8 Å². The van der Waals surface area contributed by atoms with Gasteiger partial charge in [-0.3, -0.25) is 9.59 Å². The maximum atomic E-state index is 11.2. The summed E-state index contributed by atoms with van der Waals surface area (Å²) < 4.78 is 0. The molecule has 0 bridgehead atoms. The number of carbonyl (C=O) groups is 2. The van der Waals surface area contributed by atoms with Gasteiger partial charge in [-0.05, 0) is 6.07 Å². The Balaban J connectivity index is 2.54. The molecule has 0 amide bonds. The van der Waals surface area contributed by atoms with Gasteiger partial charge in [-0.15, -0.1) is 0 Å². The number of fused-ring (bicyclic) bond motifs is 1. The lowest BCUT2D eigenvalue weighted by Gasteiger charge is -2.10. The van der Waals surface area contributed by atoms with E-state index in [1.807, 2.05) is 0 Å². The van der Waals surface area contributed by atoms with Crippen LogP contribution in [0, 0.1) is 0 Å². The number of Topliss-reactive ketones (excluding diaryl/α,β-unsaturated/α-hetero) is 2. The van der Waals surface area contributed by atoms with Gasteiger partial charge in [0.05, 0.1) is 24.7 Å². The smallest absolute Gasteiger partial charge is 0.172 e. The van der Waals surface area contributed by atoms with Gasteiger partial charge in [0.25, 0.3) is 0 Å². The van der Waals surface area contributed by atoms with Crippen molar-refractivity contribution in [3.8, 4) is 0 Å². The SMILES string of the molecule is O=C1CC(=O)c2ccnnc2C1. The molecule has 4 nitrogen and oxygen atoms in total. The summed E-state index contributed by atoms with van der Waals surface area (Å²) in [5, 5.41) is 7.34. The largest absolute Gasteiger partial charge is 0.299 e. The Bertz CT molecular complexity index is 360. The predicted molar refractivity (Wildman–Crippen MR) is 39.7 cm³/mol. The minimum atomic E-state index is -0.142. The minimum absolute atomic E-state index is 0.0126. The highest BCUT2D eigenvalue weighted by Gasteiger charge is 2.23. The number of ketones is 2. The summed E-state index contributed by atoms with van der Waals surface area (Å²) in [6, 6.07) is 1.61. The average Bonchev–Trinajstić information content (AvgIpc) is 2.04. The molecule has 2 rings (SSSR count). The summed E-state index contributed by atoms with van der Waals surface area (Å²) in [7, 11) is 0. The van der Waals surface area contributed by atoms with E-state index in [1.54, 1.807) is 6.07 Å².